The highest BCUT2D eigenvalue weighted by molar-refractivity contribution is 5.89. The summed E-state index contributed by atoms with van der Waals surface area (Å²) in [5.74, 6) is 0.312. The quantitative estimate of drug-likeness (QED) is 0.788. The third kappa shape index (κ3) is 4.14. The SMILES string of the molecule is COc1ccccc1CN1C[C@@H](C(=O)NCCn2cncn2)CC1=O. The third-order valence-electron chi connectivity index (χ3n) is 4.25. The second-order valence-corrected chi connectivity index (χ2v) is 5.94. The lowest BCUT2D eigenvalue weighted by atomic mass is 10.1. The number of nitrogens with one attached hydrogen (secondary N) is 1. The highest BCUT2D eigenvalue weighted by atomic mass is 16.5. The van der Waals surface area contributed by atoms with Crippen LogP contribution >= 0.6 is 0 Å². The van der Waals surface area contributed by atoms with E-state index in [2.05, 4.69) is 15.4 Å². The zero-order chi connectivity index (χ0) is 17.6. The molecule has 0 bridgehead atoms. The first-order chi connectivity index (χ1) is 12.2. The molecule has 8 nitrogen and oxygen atoms in total. The van der Waals surface area contributed by atoms with E-state index < -0.39 is 0 Å². The molecule has 1 aliphatic heterocycles. The van der Waals surface area contributed by atoms with Crippen molar-refractivity contribution in [2.45, 2.75) is 19.5 Å². The highest BCUT2D eigenvalue weighted by Gasteiger charge is 2.34. The minimum absolute atomic E-state index is 0.0117. The summed E-state index contributed by atoms with van der Waals surface area (Å²) in [6.45, 7) is 1.88. The average molecular weight is 343 g/mol. The van der Waals surface area contributed by atoms with E-state index in [9.17, 15) is 9.59 Å². The van der Waals surface area contributed by atoms with Gasteiger partial charge in [0, 0.05) is 31.6 Å². The Hall–Kier alpha value is -2.90. The number of likely N-dealkylation sites (tertiary alicyclic amines) is 1. The molecule has 25 heavy (non-hydrogen) atoms. The van der Waals surface area contributed by atoms with Gasteiger partial charge in [-0.25, -0.2) is 4.98 Å². The van der Waals surface area contributed by atoms with Crippen molar-refractivity contribution < 1.29 is 14.3 Å². The maximum absolute atomic E-state index is 12.3. The zero-order valence-electron chi connectivity index (χ0n) is 14.1. The summed E-state index contributed by atoms with van der Waals surface area (Å²) in [4.78, 5) is 30.1. The number of hydrogen-bond donors (Lipinski definition) is 1. The minimum Gasteiger partial charge on any atom is -0.496 e. The first kappa shape index (κ1) is 16.9. The van der Waals surface area contributed by atoms with E-state index in [-0.39, 0.29) is 24.2 Å². The molecule has 1 atom stereocenters. The van der Waals surface area contributed by atoms with Gasteiger partial charge in [-0.05, 0) is 6.07 Å². The molecular weight excluding hydrogens is 322 g/mol. The largest absolute Gasteiger partial charge is 0.496 e. The lowest BCUT2D eigenvalue weighted by Crippen LogP contribution is -2.34. The van der Waals surface area contributed by atoms with Crippen LogP contribution in [0, 0.1) is 5.92 Å². The van der Waals surface area contributed by atoms with Crippen LogP contribution in [0.15, 0.2) is 36.9 Å². The van der Waals surface area contributed by atoms with Crippen LogP contribution < -0.4 is 10.1 Å². The zero-order valence-corrected chi connectivity index (χ0v) is 14.1. The molecule has 0 radical (unpaired) electrons. The number of methoxy groups -OCH3 is 1. The number of rotatable bonds is 7. The van der Waals surface area contributed by atoms with Gasteiger partial charge in [0.15, 0.2) is 0 Å². The Bertz CT molecular complexity index is 732. The van der Waals surface area contributed by atoms with Crippen molar-refractivity contribution in [3.05, 3.63) is 42.5 Å². The normalized spacial score (nSPS) is 16.9. The molecule has 1 fully saturated rings. The van der Waals surface area contributed by atoms with E-state index in [1.54, 1.807) is 23.0 Å². The topological polar surface area (TPSA) is 89.3 Å². The molecule has 0 saturated carbocycles. The number of aromatic nitrogens is 3. The molecule has 1 aromatic carbocycles. The molecule has 132 valence electrons. The van der Waals surface area contributed by atoms with Crippen LogP contribution in [0.1, 0.15) is 12.0 Å². The van der Waals surface area contributed by atoms with Crippen LogP contribution in [0.5, 0.6) is 5.75 Å². The molecule has 1 aromatic heterocycles. The summed E-state index contributed by atoms with van der Waals surface area (Å²) in [6.07, 6.45) is 3.29. The van der Waals surface area contributed by atoms with Crippen molar-refractivity contribution in [1.29, 1.82) is 0 Å². The second kappa shape index (κ2) is 7.78. The number of hydrogen-bond acceptors (Lipinski definition) is 5. The predicted octanol–water partition coefficient (Wildman–Crippen LogP) is 0.452. The maximum Gasteiger partial charge on any atom is 0.225 e. The molecule has 0 unspecified atom stereocenters. The van der Waals surface area contributed by atoms with Gasteiger partial charge in [0.25, 0.3) is 0 Å². The first-order valence-corrected chi connectivity index (χ1v) is 8.17. The van der Waals surface area contributed by atoms with E-state index in [1.165, 1.54) is 6.33 Å². The van der Waals surface area contributed by atoms with Crippen LogP contribution in [0.3, 0.4) is 0 Å². The van der Waals surface area contributed by atoms with Crippen molar-refractivity contribution in [2.24, 2.45) is 5.92 Å². The minimum atomic E-state index is -0.321. The number of benzene rings is 1. The molecule has 1 N–H and O–H groups in total. The maximum atomic E-state index is 12.3. The van der Waals surface area contributed by atoms with Crippen LogP contribution in [0.2, 0.25) is 0 Å². The van der Waals surface area contributed by atoms with Gasteiger partial charge >= 0.3 is 0 Å². The Labute approximate surface area is 145 Å². The summed E-state index contributed by atoms with van der Waals surface area (Å²) < 4.78 is 6.97. The number of carbonyl (C=O) groups excluding carboxylic acids is 2. The summed E-state index contributed by atoms with van der Waals surface area (Å²) in [5.41, 5.74) is 0.936. The summed E-state index contributed by atoms with van der Waals surface area (Å²) >= 11 is 0. The summed E-state index contributed by atoms with van der Waals surface area (Å²) in [5, 5.41) is 6.84. The molecule has 3 rings (SSSR count). The smallest absolute Gasteiger partial charge is 0.225 e. The van der Waals surface area contributed by atoms with Gasteiger partial charge in [0.1, 0.15) is 18.4 Å². The number of ether oxygens (including phenoxy) is 1. The van der Waals surface area contributed by atoms with E-state index in [0.29, 0.717) is 26.2 Å². The van der Waals surface area contributed by atoms with Crippen LogP contribution in [-0.4, -0.2) is 51.7 Å². The number of para-hydroxylation sites is 1. The third-order valence-corrected chi connectivity index (χ3v) is 4.25. The Morgan fingerprint density at radius 2 is 2.24 bits per heavy atom. The fourth-order valence-corrected chi connectivity index (χ4v) is 2.93. The van der Waals surface area contributed by atoms with Gasteiger partial charge in [0.05, 0.1) is 19.6 Å². The Balaban J connectivity index is 1.52. The van der Waals surface area contributed by atoms with E-state index in [1.807, 2.05) is 24.3 Å². The van der Waals surface area contributed by atoms with E-state index >= 15 is 0 Å². The standard InChI is InChI=1S/C17H21N5O3/c1-25-15-5-3-2-4-13(15)9-21-10-14(8-16(21)23)17(24)19-6-7-22-12-18-11-20-22/h2-5,11-12,14H,6-10H2,1H3,(H,19,24)/t14-/m0/s1. The number of nitrogens with zero attached hydrogens (tertiary/aromatic N) is 4. The van der Waals surface area contributed by atoms with Crippen molar-refractivity contribution in [3.63, 3.8) is 0 Å². The highest BCUT2D eigenvalue weighted by Crippen LogP contribution is 2.24. The fraction of sp³-hybridized carbons (Fsp3) is 0.412. The van der Waals surface area contributed by atoms with Crippen molar-refractivity contribution in [3.8, 4) is 5.75 Å². The van der Waals surface area contributed by atoms with Gasteiger partial charge in [-0.1, -0.05) is 18.2 Å². The predicted molar refractivity (Wildman–Crippen MR) is 89.5 cm³/mol. The van der Waals surface area contributed by atoms with Crippen LogP contribution in [0.25, 0.3) is 0 Å². The molecular formula is C17H21N5O3. The second-order valence-electron chi connectivity index (χ2n) is 5.94. The number of carbonyl (C=O) groups is 2. The summed E-state index contributed by atoms with van der Waals surface area (Å²) in [7, 11) is 1.61. The van der Waals surface area contributed by atoms with Gasteiger partial charge in [-0.15, -0.1) is 0 Å². The van der Waals surface area contributed by atoms with Gasteiger partial charge in [-0.3, -0.25) is 14.3 Å². The molecule has 8 heteroatoms. The van der Waals surface area contributed by atoms with Crippen LogP contribution in [0.4, 0.5) is 0 Å². The molecule has 0 spiro atoms. The Morgan fingerprint density at radius 3 is 3.00 bits per heavy atom. The van der Waals surface area contributed by atoms with Gasteiger partial charge in [-0.2, -0.15) is 5.10 Å². The molecule has 1 saturated heterocycles. The molecule has 2 aromatic rings. The van der Waals surface area contributed by atoms with E-state index in [4.69, 9.17) is 4.74 Å². The van der Waals surface area contributed by atoms with Gasteiger partial charge < -0.3 is 15.0 Å². The first-order valence-electron chi connectivity index (χ1n) is 8.17. The van der Waals surface area contributed by atoms with Crippen molar-refractivity contribution >= 4 is 11.8 Å². The number of amides is 2. The van der Waals surface area contributed by atoms with Gasteiger partial charge in [0.2, 0.25) is 11.8 Å². The van der Waals surface area contributed by atoms with Crippen molar-refractivity contribution in [1.82, 2.24) is 25.0 Å². The summed E-state index contributed by atoms with van der Waals surface area (Å²) in [6, 6.07) is 7.59. The molecule has 1 aliphatic rings. The molecule has 2 heterocycles. The lowest BCUT2D eigenvalue weighted by molar-refractivity contribution is -0.129. The Morgan fingerprint density at radius 1 is 1.40 bits per heavy atom. The fourth-order valence-electron chi connectivity index (χ4n) is 2.93. The lowest BCUT2D eigenvalue weighted by Gasteiger charge is -2.18. The Kier molecular flexibility index (Phi) is 5.27. The van der Waals surface area contributed by atoms with Crippen molar-refractivity contribution in [2.75, 3.05) is 20.2 Å². The average Bonchev–Trinajstić information content (AvgIpc) is 3.26. The van der Waals surface area contributed by atoms with Crippen LogP contribution in [-0.2, 0) is 22.7 Å². The van der Waals surface area contributed by atoms with E-state index in [0.717, 1.165) is 11.3 Å². The molecule has 0 aliphatic carbocycles. The monoisotopic (exact) mass is 343 g/mol. The molecule has 2 amide bonds.